The average molecular weight is 960 g/mol. The number of ether oxygens (including phenoxy) is 1. The summed E-state index contributed by atoms with van der Waals surface area (Å²) in [4.78, 5) is 70.2. The molecule has 3 saturated heterocycles. The first-order valence-electron chi connectivity index (χ1n) is 23.3. The van der Waals surface area contributed by atoms with E-state index in [0.717, 1.165) is 41.6 Å². The highest BCUT2D eigenvalue weighted by Crippen LogP contribution is 2.59. The summed E-state index contributed by atoms with van der Waals surface area (Å²) in [5.74, 6) is 4.36. The van der Waals surface area contributed by atoms with E-state index in [1.54, 1.807) is 42.5 Å². The highest BCUT2D eigenvalue weighted by molar-refractivity contribution is 6.31. The van der Waals surface area contributed by atoms with Crippen LogP contribution < -0.4 is 26.0 Å². The second-order valence-corrected chi connectivity index (χ2v) is 21.4. The number of imide groups is 1. The van der Waals surface area contributed by atoms with Crippen LogP contribution in [0.2, 0.25) is 10.0 Å². The summed E-state index contributed by atoms with van der Waals surface area (Å²) in [6, 6.07) is 19.2. The predicted octanol–water partition coefficient (Wildman–Crippen LogP) is 8.06. The highest BCUT2D eigenvalue weighted by atomic mass is 35.5. The van der Waals surface area contributed by atoms with Crippen molar-refractivity contribution in [3.05, 3.63) is 122 Å². The Morgan fingerprint density at radius 3 is 2.62 bits per heavy atom. The number of nitrogens with one attached hydrogen (secondary N) is 4. The molecule has 4 fully saturated rings. The van der Waals surface area contributed by atoms with Crippen LogP contribution in [-0.2, 0) is 26.3 Å². The van der Waals surface area contributed by atoms with Crippen LogP contribution in [0.3, 0.4) is 0 Å². The number of anilines is 2. The normalized spacial score (nSPS) is 27.0. The Bertz CT molecular complexity index is 2870. The number of hydrogen-bond donors (Lipinski definition) is 4. The van der Waals surface area contributed by atoms with Crippen LogP contribution in [0, 0.1) is 34.4 Å². The second kappa shape index (κ2) is 17.2. The van der Waals surface area contributed by atoms with Gasteiger partial charge in [-0.25, -0.2) is 4.39 Å². The van der Waals surface area contributed by atoms with Crippen LogP contribution in [0.4, 0.5) is 15.8 Å². The zero-order chi connectivity index (χ0) is 47.9. The number of piperidine rings is 2. The predicted molar refractivity (Wildman–Crippen MR) is 257 cm³/mol. The largest absolute Gasteiger partial charge is 0.495 e. The molecule has 4 N–H and O–H groups in total. The lowest BCUT2D eigenvalue weighted by Gasteiger charge is -2.39. The molecule has 4 aromatic carbocycles. The average Bonchev–Trinajstić information content (AvgIpc) is 3.51. The summed E-state index contributed by atoms with van der Waals surface area (Å²) < 4.78 is 22.2. The Labute approximate surface area is 405 Å². The molecule has 2 spiro atoms. The molecule has 68 heavy (non-hydrogen) atoms. The van der Waals surface area contributed by atoms with E-state index in [0.29, 0.717) is 59.2 Å². The van der Waals surface area contributed by atoms with Gasteiger partial charge in [-0.15, -0.1) is 0 Å². The Kier molecular flexibility index (Phi) is 11.6. The summed E-state index contributed by atoms with van der Waals surface area (Å²) in [5.41, 5.74) is 3.88. The lowest BCUT2D eigenvalue weighted by Crippen LogP contribution is -2.52. The number of carbonyl (C=O) groups is 5. The number of hydrogen-bond acceptors (Lipinski definition) is 8. The zero-order valence-electron chi connectivity index (χ0n) is 38.4. The molecule has 0 bridgehead atoms. The molecule has 4 aromatic rings. The minimum Gasteiger partial charge on any atom is -0.495 e. The molecular formula is C53H53Cl2FN6O6. The molecule has 6 aliphatic rings. The van der Waals surface area contributed by atoms with Crippen LogP contribution in [0.25, 0.3) is 0 Å². The monoisotopic (exact) mass is 958 g/mol. The van der Waals surface area contributed by atoms with Gasteiger partial charge in [0.15, 0.2) is 0 Å². The van der Waals surface area contributed by atoms with Crippen molar-refractivity contribution >= 4 is 64.1 Å². The fourth-order valence-corrected chi connectivity index (χ4v) is 12.1. The highest BCUT2D eigenvalue weighted by Gasteiger charge is 2.62. The quantitative estimate of drug-likeness (QED) is 0.108. The lowest BCUT2D eigenvalue weighted by molar-refractivity contribution is -0.137. The topological polar surface area (TPSA) is 149 Å². The number of fused-ring (bicyclic) bond motifs is 3. The van der Waals surface area contributed by atoms with Crippen molar-refractivity contribution in [3.8, 4) is 17.6 Å². The Morgan fingerprint density at radius 2 is 1.84 bits per heavy atom. The SMILES string of the molecule is COc1cc(C(=O)N2CCC[C@@]3(C[C@H]3C#Cc3cccc4c3CN([C@H]3CCC(=O)NC3=O)C4=O)C2)ccc1NC(=O)[C@@H]1N[C@@H](CC(C)(C)C)[C@@]2(CNc3cc(Cl)ccc32)[C@H]1c1cccc(Cl)c1F. The fourth-order valence-electron chi connectivity index (χ4n) is 11.8. The third kappa shape index (κ3) is 7.98. The summed E-state index contributed by atoms with van der Waals surface area (Å²) in [7, 11) is 1.49. The first-order valence-corrected chi connectivity index (χ1v) is 24.1. The van der Waals surface area contributed by atoms with Gasteiger partial charge < -0.3 is 30.5 Å². The summed E-state index contributed by atoms with van der Waals surface area (Å²) in [6.07, 6.45) is 3.74. The van der Waals surface area contributed by atoms with Crippen molar-refractivity contribution < 1.29 is 33.1 Å². The van der Waals surface area contributed by atoms with E-state index in [-0.39, 0.29) is 70.8 Å². The first-order chi connectivity index (χ1) is 32.5. The van der Waals surface area contributed by atoms with Crippen LogP contribution in [0.1, 0.15) is 108 Å². The summed E-state index contributed by atoms with van der Waals surface area (Å²) >= 11 is 12.9. The third-order valence-corrected chi connectivity index (χ3v) is 15.6. The summed E-state index contributed by atoms with van der Waals surface area (Å²) in [5, 5.41) is 13.2. The van der Waals surface area contributed by atoms with Crippen LogP contribution in [0.5, 0.6) is 5.75 Å². The Balaban J connectivity index is 0.864. The van der Waals surface area contributed by atoms with Gasteiger partial charge >= 0.3 is 0 Å². The summed E-state index contributed by atoms with van der Waals surface area (Å²) in [6.45, 7) is 8.25. The van der Waals surface area contributed by atoms with E-state index in [9.17, 15) is 24.0 Å². The van der Waals surface area contributed by atoms with Gasteiger partial charge in [-0.1, -0.05) is 80.1 Å². The van der Waals surface area contributed by atoms with E-state index in [1.165, 1.54) is 18.1 Å². The third-order valence-electron chi connectivity index (χ3n) is 15.1. The molecule has 5 amide bonds. The van der Waals surface area contributed by atoms with E-state index >= 15 is 4.39 Å². The molecule has 0 aromatic heterocycles. The molecule has 0 radical (unpaired) electrons. The molecule has 12 nitrogen and oxygen atoms in total. The molecule has 5 aliphatic heterocycles. The van der Waals surface area contributed by atoms with Gasteiger partial charge in [0, 0.05) is 88.7 Å². The molecule has 15 heteroatoms. The lowest BCUT2D eigenvalue weighted by atomic mass is 9.63. The van der Waals surface area contributed by atoms with Crippen molar-refractivity contribution in [2.75, 3.05) is 37.4 Å². The van der Waals surface area contributed by atoms with E-state index in [1.807, 2.05) is 29.2 Å². The molecule has 5 heterocycles. The van der Waals surface area contributed by atoms with Crippen molar-refractivity contribution in [2.45, 2.75) is 95.3 Å². The number of likely N-dealkylation sites (tertiary alicyclic amines) is 1. The standard InChI is InChI=1S/C53H53Cl2FN6O6/c1-51(2,3)25-42-53(27-57-39-23-32(54)15-16-36(39)53)44(34-10-6-11-37(55)45(34)56)46(59-42)48(65)58-38-17-13-30(22-41(38)68-4)49(66)61-21-7-20-52(28-61)24-31(52)14-12-29-8-5-9-33-35(29)26-62(50(33)67)40-18-19-43(63)60-47(40)64/h5-6,8-11,13,15-17,22-23,31,40,42,44,46,57,59H,7,18-21,24-28H2,1-4H3,(H,58,65)(H,60,63,64)/t31-,40+,42+,44+,46-,52-,53+/m1/s1. The molecule has 0 unspecified atom stereocenters. The van der Waals surface area contributed by atoms with E-state index in [4.69, 9.17) is 27.9 Å². The second-order valence-electron chi connectivity index (χ2n) is 20.5. The number of halogens is 3. The molecule has 10 rings (SSSR count). The van der Waals surface area contributed by atoms with Gasteiger partial charge in [-0.2, -0.15) is 0 Å². The Hall–Kier alpha value is -5.94. The number of methoxy groups -OCH3 is 1. The van der Waals surface area contributed by atoms with Crippen LogP contribution in [0.15, 0.2) is 72.8 Å². The van der Waals surface area contributed by atoms with E-state index in [2.05, 4.69) is 53.9 Å². The van der Waals surface area contributed by atoms with Crippen molar-refractivity contribution in [1.29, 1.82) is 0 Å². The molecular weight excluding hydrogens is 907 g/mol. The molecule has 1 aliphatic carbocycles. The number of amides is 5. The minimum absolute atomic E-state index is 0.0274. The number of benzene rings is 4. The van der Waals surface area contributed by atoms with Gasteiger partial charge in [0.05, 0.1) is 23.9 Å². The maximum Gasteiger partial charge on any atom is 0.255 e. The van der Waals surface area contributed by atoms with Gasteiger partial charge in [0.1, 0.15) is 17.6 Å². The molecule has 352 valence electrons. The van der Waals surface area contributed by atoms with Gasteiger partial charge in [-0.05, 0) is 103 Å². The van der Waals surface area contributed by atoms with Crippen LogP contribution in [-0.4, -0.2) is 84.2 Å². The number of carbonyl (C=O) groups excluding carboxylic acids is 5. The smallest absolute Gasteiger partial charge is 0.255 e. The first kappa shape index (κ1) is 45.8. The zero-order valence-corrected chi connectivity index (χ0v) is 39.9. The van der Waals surface area contributed by atoms with Gasteiger partial charge in [-0.3, -0.25) is 29.3 Å². The molecule has 7 atom stereocenters. The van der Waals surface area contributed by atoms with Crippen molar-refractivity contribution in [1.82, 2.24) is 20.4 Å². The van der Waals surface area contributed by atoms with Crippen molar-refractivity contribution in [2.24, 2.45) is 16.7 Å². The van der Waals surface area contributed by atoms with E-state index < -0.39 is 35.1 Å². The maximum atomic E-state index is 16.3. The minimum atomic E-state index is -0.901. The van der Waals surface area contributed by atoms with Gasteiger partial charge in [0.25, 0.3) is 11.8 Å². The van der Waals surface area contributed by atoms with Crippen LogP contribution >= 0.6 is 23.2 Å². The molecule has 1 saturated carbocycles. The fraction of sp³-hybridized carbons (Fsp3) is 0.415. The Morgan fingerprint density at radius 1 is 1.03 bits per heavy atom. The maximum absolute atomic E-state index is 16.3. The van der Waals surface area contributed by atoms with Gasteiger partial charge in [0.2, 0.25) is 17.7 Å². The number of nitrogens with zero attached hydrogens (tertiary/aromatic N) is 2. The van der Waals surface area contributed by atoms with Crippen molar-refractivity contribution in [3.63, 3.8) is 0 Å². The number of rotatable bonds is 7.